The van der Waals surface area contributed by atoms with Crippen LogP contribution >= 0.6 is 11.6 Å². The number of Topliss-reactive ketones (excluding diaryl/α,β-unsaturated/α-hetero) is 1. The third-order valence-corrected chi connectivity index (χ3v) is 3.34. The Hall–Kier alpha value is -1.85. The molecule has 0 amide bonds. The minimum Gasteiger partial charge on any atom is -0.506 e. The van der Waals surface area contributed by atoms with Crippen molar-refractivity contribution in [3.63, 3.8) is 0 Å². The molecule has 2 rings (SSSR count). The highest BCUT2D eigenvalue weighted by Gasteiger charge is 2.20. The topological polar surface area (TPSA) is 79.4 Å². The number of halogens is 1. The second-order valence-electron chi connectivity index (χ2n) is 4.54. The number of aromatic nitrogens is 1. The summed E-state index contributed by atoms with van der Waals surface area (Å²) < 4.78 is 4.99. The number of rotatable bonds is 4. The van der Waals surface area contributed by atoms with Crippen LogP contribution < -0.4 is 5.56 Å². The molecule has 1 heterocycles. The molecule has 1 aromatic heterocycles. The first-order valence-electron chi connectivity index (χ1n) is 6.04. The Balaban J connectivity index is 2.59. The number of H-pyrrole nitrogens is 1. The van der Waals surface area contributed by atoms with Crippen LogP contribution in [-0.4, -0.2) is 29.1 Å². The van der Waals surface area contributed by atoms with Gasteiger partial charge in [-0.1, -0.05) is 11.6 Å². The molecule has 5 nitrogen and oxygen atoms in total. The van der Waals surface area contributed by atoms with Crippen molar-refractivity contribution in [2.24, 2.45) is 0 Å². The van der Waals surface area contributed by atoms with Gasteiger partial charge in [-0.15, -0.1) is 0 Å². The molecule has 0 aliphatic carbocycles. The Kier molecular flexibility index (Phi) is 4.11. The van der Waals surface area contributed by atoms with Crippen molar-refractivity contribution in [1.29, 1.82) is 0 Å². The van der Waals surface area contributed by atoms with Crippen molar-refractivity contribution < 1.29 is 14.6 Å². The fraction of sp³-hybridized carbons (Fsp3) is 0.286. The predicted molar refractivity (Wildman–Crippen MR) is 76.7 cm³/mol. The Morgan fingerprint density at radius 2 is 2.20 bits per heavy atom. The number of carbonyl (C=O) groups excluding carboxylic acids is 1. The van der Waals surface area contributed by atoms with Crippen molar-refractivity contribution in [3.8, 4) is 5.75 Å². The zero-order valence-electron chi connectivity index (χ0n) is 11.1. The van der Waals surface area contributed by atoms with E-state index in [2.05, 4.69) is 4.98 Å². The van der Waals surface area contributed by atoms with Gasteiger partial charge in [-0.2, -0.15) is 0 Å². The van der Waals surface area contributed by atoms with Crippen molar-refractivity contribution in [2.45, 2.75) is 19.4 Å². The monoisotopic (exact) mass is 295 g/mol. The van der Waals surface area contributed by atoms with Crippen LogP contribution in [0.5, 0.6) is 5.75 Å². The lowest BCUT2D eigenvalue weighted by atomic mass is 10.0. The van der Waals surface area contributed by atoms with Crippen LogP contribution in [0.3, 0.4) is 0 Å². The molecule has 1 unspecified atom stereocenters. The summed E-state index contributed by atoms with van der Waals surface area (Å²) in [5, 5.41) is 10.9. The Morgan fingerprint density at radius 1 is 1.50 bits per heavy atom. The van der Waals surface area contributed by atoms with Crippen molar-refractivity contribution >= 4 is 28.3 Å². The van der Waals surface area contributed by atoms with Gasteiger partial charge < -0.3 is 14.8 Å². The van der Waals surface area contributed by atoms with Gasteiger partial charge in [0.05, 0.1) is 11.6 Å². The van der Waals surface area contributed by atoms with Gasteiger partial charge in [-0.25, -0.2) is 0 Å². The number of carbonyl (C=O) groups is 1. The lowest BCUT2D eigenvalue weighted by Gasteiger charge is -2.10. The third kappa shape index (κ3) is 2.69. The van der Waals surface area contributed by atoms with E-state index >= 15 is 0 Å². The summed E-state index contributed by atoms with van der Waals surface area (Å²) in [6.07, 6.45) is -0.324. The molecule has 0 radical (unpaired) electrons. The number of fused-ring (bicyclic) bond motifs is 1. The van der Waals surface area contributed by atoms with E-state index in [4.69, 9.17) is 16.3 Å². The Labute approximate surface area is 120 Å². The SMILES string of the molecule is COC(C)CC(=O)c1c(O)c2cc(Cl)ccc2[nH]c1=O. The second kappa shape index (κ2) is 5.64. The second-order valence-corrected chi connectivity index (χ2v) is 4.98. The first kappa shape index (κ1) is 14.6. The highest BCUT2D eigenvalue weighted by atomic mass is 35.5. The van der Waals surface area contributed by atoms with Gasteiger partial charge in [0.2, 0.25) is 0 Å². The third-order valence-electron chi connectivity index (χ3n) is 3.10. The van der Waals surface area contributed by atoms with Gasteiger partial charge >= 0.3 is 0 Å². The van der Waals surface area contributed by atoms with E-state index in [1.807, 2.05) is 0 Å². The number of hydrogen-bond donors (Lipinski definition) is 2. The van der Waals surface area contributed by atoms with Crippen LogP contribution in [0.2, 0.25) is 5.02 Å². The molecule has 2 aromatic rings. The average Bonchev–Trinajstić information content (AvgIpc) is 2.39. The maximum Gasteiger partial charge on any atom is 0.263 e. The smallest absolute Gasteiger partial charge is 0.263 e. The molecule has 1 aromatic carbocycles. The fourth-order valence-electron chi connectivity index (χ4n) is 1.95. The van der Waals surface area contributed by atoms with Gasteiger partial charge in [0.25, 0.3) is 5.56 Å². The molecular weight excluding hydrogens is 282 g/mol. The molecule has 0 saturated heterocycles. The average molecular weight is 296 g/mol. The number of aromatic hydroxyl groups is 1. The number of pyridine rings is 1. The maximum atomic E-state index is 12.1. The van der Waals surface area contributed by atoms with Crippen LogP contribution in [-0.2, 0) is 4.74 Å². The number of aromatic amines is 1. The van der Waals surface area contributed by atoms with Gasteiger partial charge in [0, 0.05) is 23.9 Å². The standard InChI is InChI=1S/C14H14ClNO4/c1-7(20-2)5-11(17)12-13(18)9-6-8(15)3-4-10(9)16-14(12)19/h3-4,6-7H,5H2,1-2H3,(H2,16,18,19). The van der Waals surface area contributed by atoms with E-state index in [9.17, 15) is 14.7 Å². The zero-order valence-corrected chi connectivity index (χ0v) is 11.8. The van der Waals surface area contributed by atoms with E-state index in [1.54, 1.807) is 19.1 Å². The molecule has 0 saturated carbocycles. The molecule has 20 heavy (non-hydrogen) atoms. The van der Waals surface area contributed by atoms with Gasteiger partial charge in [-0.05, 0) is 25.1 Å². The highest BCUT2D eigenvalue weighted by Crippen LogP contribution is 2.28. The molecule has 0 aliphatic rings. The van der Waals surface area contributed by atoms with E-state index in [1.165, 1.54) is 13.2 Å². The number of nitrogens with one attached hydrogen (secondary N) is 1. The summed E-state index contributed by atoms with van der Waals surface area (Å²) in [5.41, 5.74) is -0.456. The van der Waals surface area contributed by atoms with Crippen molar-refractivity contribution in [1.82, 2.24) is 4.98 Å². The number of ether oxygens (including phenoxy) is 1. The maximum absolute atomic E-state index is 12.1. The van der Waals surface area contributed by atoms with Crippen LogP contribution in [0.4, 0.5) is 0 Å². The van der Waals surface area contributed by atoms with Gasteiger partial charge in [0.15, 0.2) is 5.78 Å². The largest absolute Gasteiger partial charge is 0.506 e. The summed E-state index contributed by atoms with van der Waals surface area (Å²) in [6.45, 7) is 1.71. The first-order chi connectivity index (χ1) is 9.43. The lowest BCUT2D eigenvalue weighted by Crippen LogP contribution is -2.21. The zero-order chi connectivity index (χ0) is 14.9. The van der Waals surface area contributed by atoms with Crippen LogP contribution in [0.1, 0.15) is 23.7 Å². The minimum atomic E-state index is -0.620. The molecule has 0 fully saturated rings. The molecule has 0 spiro atoms. The molecule has 0 bridgehead atoms. The van der Waals surface area contributed by atoms with Crippen LogP contribution in [0.15, 0.2) is 23.0 Å². The molecular formula is C14H14ClNO4. The van der Waals surface area contributed by atoms with Gasteiger partial charge in [0.1, 0.15) is 11.3 Å². The van der Waals surface area contributed by atoms with E-state index in [-0.39, 0.29) is 23.8 Å². The van der Waals surface area contributed by atoms with Crippen molar-refractivity contribution in [2.75, 3.05) is 7.11 Å². The summed E-state index contributed by atoms with van der Waals surface area (Å²) in [4.78, 5) is 26.6. The molecule has 6 heteroatoms. The molecule has 0 aliphatic heterocycles. The van der Waals surface area contributed by atoms with E-state index in [0.717, 1.165) is 0 Å². The molecule has 106 valence electrons. The summed E-state index contributed by atoms with van der Waals surface area (Å²) in [7, 11) is 1.47. The lowest BCUT2D eigenvalue weighted by molar-refractivity contribution is 0.0789. The Morgan fingerprint density at radius 3 is 2.85 bits per heavy atom. The molecule has 2 N–H and O–H groups in total. The quantitative estimate of drug-likeness (QED) is 0.849. The number of methoxy groups -OCH3 is 1. The fourth-order valence-corrected chi connectivity index (χ4v) is 2.13. The highest BCUT2D eigenvalue weighted by molar-refractivity contribution is 6.31. The van der Waals surface area contributed by atoms with E-state index in [0.29, 0.717) is 15.9 Å². The summed E-state index contributed by atoms with van der Waals surface area (Å²) >= 11 is 5.86. The van der Waals surface area contributed by atoms with Crippen molar-refractivity contribution in [3.05, 3.63) is 39.1 Å². The van der Waals surface area contributed by atoms with Gasteiger partial charge in [-0.3, -0.25) is 9.59 Å². The summed E-state index contributed by atoms with van der Waals surface area (Å²) in [6, 6.07) is 4.66. The first-order valence-corrected chi connectivity index (χ1v) is 6.42. The minimum absolute atomic E-state index is 0.0131. The number of benzene rings is 1. The Bertz CT molecular complexity index is 723. The molecule has 1 atom stereocenters. The normalized spacial score (nSPS) is 12.6. The van der Waals surface area contributed by atoms with E-state index < -0.39 is 11.3 Å². The number of hydrogen-bond acceptors (Lipinski definition) is 4. The number of ketones is 1. The predicted octanol–water partition coefficient (Wildman–Crippen LogP) is 2.49. The van der Waals surface area contributed by atoms with Crippen LogP contribution in [0.25, 0.3) is 10.9 Å². The van der Waals surface area contributed by atoms with Crippen LogP contribution in [0, 0.1) is 0 Å². The summed E-state index contributed by atoms with van der Waals surface area (Å²) in [5.74, 6) is -0.820.